The largest absolute Gasteiger partial charge is 0.375 e. The van der Waals surface area contributed by atoms with Crippen LogP contribution in [0.5, 0.6) is 0 Å². The molecule has 2 aliphatic heterocycles. The summed E-state index contributed by atoms with van der Waals surface area (Å²) in [6, 6.07) is 0.712. The lowest BCUT2D eigenvalue weighted by atomic mass is 9.81. The third-order valence-electron chi connectivity index (χ3n) is 4.87. The van der Waals surface area contributed by atoms with E-state index in [1.807, 2.05) is 0 Å². The number of hydrogen-bond donors (Lipinski definition) is 1. The maximum absolute atomic E-state index is 5.89. The van der Waals surface area contributed by atoms with Gasteiger partial charge in [-0.25, -0.2) is 0 Å². The van der Waals surface area contributed by atoms with Crippen LogP contribution in [0.1, 0.15) is 51.9 Å². The van der Waals surface area contributed by atoms with Crippen molar-refractivity contribution in [1.29, 1.82) is 0 Å². The second-order valence-electron chi connectivity index (χ2n) is 6.21. The fraction of sp³-hybridized carbons (Fsp3) is 1.00. The average molecular weight is 223 g/mol. The fourth-order valence-corrected chi connectivity index (χ4v) is 3.62. The molecule has 2 saturated heterocycles. The van der Waals surface area contributed by atoms with Gasteiger partial charge in [-0.15, -0.1) is 0 Å². The Hall–Kier alpha value is -0.0800. The maximum Gasteiger partial charge on any atom is 0.0621 e. The predicted molar refractivity (Wildman–Crippen MR) is 65.4 cm³/mol. The molecule has 2 nitrogen and oxygen atoms in total. The van der Waals surface area contributed by atoms with Crippen molar-refractivity contribution >= 4 is 0 Å². The summed E-state index contributed by atoms with van der Waals surface area (Å²) >= 11 is 0. The zero-order chi connectivity index (χ0) is 11.0. The van der Waals surface area contributed by atoms with Crippen molar-refractivity contribution in [2.24, 2.45) is 11.8 Å². The molecule has 3 rings (SSSR count). The van der Waals surface area contributed by atoms with Crippen LogP contribution in [-0.2, 0) is 4.74 Å². The Morgan fingerprint density at radius 2 is 2.12 bits per heavy atom. The van der Waals surface area contributed by atoms with Gasteiger partial charge in [0, 0.05) is 18.5 Å². The minimum atomic E-state index is 0.591. The average Bonchev–Trinajstić information content (AvgIpc) is 2.82. The molecule has 2 bridgehead atoms. The van der Waals surface area contributed by atoms with Gasteiger partial charge >= 0.3 is 0 Å². The molecule has 4 unspecified atom stereocenters. The van der Waals surface area contributed by atoms with Crippen molar-refractivity contribution in [1.82, 2.24) is 5.32 Å². The van der Waals surface area contributed by atoms with Crippen molar-refractivity contribution in [3.63, 3.8) is 0 Å². The minimum Gasteiger partial charge on any atom is -0.375 e. The summed E-state index contributed by atoms with van der Waals surface area (Å²) in [5, 5.41) is 3.73. The van der Waals surface area contributed by atoms with Gasteiger partial charge in [-0.2, -0.15) is 0 Å². The first kappa shape index (κ1) is 11.0. The highest BCUT2D eigenvalue weighted by molar-refractivity contribution is 4.90. The first-order valence-corrected chi connectivity index (χ1v) is 7.20. The standard InChI is InChI=1S/C14H25NO/c1-10(7-11-3-2-4-11)15-9-12-8-13-5-6-14(12)16-13/h10-15H,2-9H2,1H3. The molecule has 2 heteroatoms. The summed E-state index contributed by atoms with van der Waals surface area (Å²) in [5.41, 5.74) is 0. The van der Waals surface area contributed by atoms with Crippen LogP contribution in [0.25, 0.3) is 0 Å². The van der Waals surface area contributed by atoms with Gasteiger partial charge in [0.2, 0.25) is 0 Å². The lowest BCUT2D eigenvalue weighted by Gasteiger charge is -2.29. The van der Waals surface area contributed by atoms with E-state index in [-0.39, 0.29) is 0 Å². The predicted octanol–water partition coefficient (Wildman–Crippen LogP) is 2.72. The third kappa shape index (κ3) is 2.28. The van der Waals surface area contributed by atoms with Gasteiger partial charge < -0.3 is 10.1 Å². The molecule has 0 amide bonds. The van der Waals surface area contributed by atoms with Crippen LogP contribution in [0.15, 0.2) is 0 Å². The molecular weight excluding hydrogens is 198 g/mol. The van der Waals surface area contributed by atoms with Crippen LogP contribution in [0.3, 0.4) is 0 Å². The Bertz CT molecular complexity index is 239. The molecule has 3 aliphatic rings. The van der Waals surface area contributed by atoms with Crippen molar-refractivity contribution in [2.45, 2.75) is 70.1 Å². The molecule has 0 aromatic rings. The van der Waals surface area contributed by atoms with Crippen molar-refractivity contribution in [2.75, 3.05) is 6.54 Å². The molecule has 1 saturated carbocycles. The second kappa shape index (κ2) is 4.66. The SMILES string of the molecule is CC(CC1CCC1)NCC1CC2CCC1O2. The van der Waals surface area contributed by atoms with Crippen molar-refractivity contribution in [3.8, 4) is 0 Å². The molecule has 3 fully saturated rings. The summed E-state index contributed by atoms with van der Waals surface area (Å²) in [4.78, 5) is 0. The molecule has 1 N–H and O–H groups in total. The summed E-state index contributed by atoms with van der Waals surface area (Å²) in [7, 11) is 0. The number of nitrogens with one attached hydrogen (secondary N) is 1. The van der Waals surface area contributed by atoms with Gasteiger partial charge in [0.25, 0.3) is 0 Å². The van der Waals surface area contributed by atoms with Gasteiger partial charge in [0.05, 0.1) is 12.2 Å². The van der Waals surface area contributed by atoms with E-state index in [0.717, 1.165) is 11.8 Å². The zero-order valence-electron chi connectivity index (χ0n) is 10.5. The number of hydrogen-bond acceptors (Lipinski definition) is 2. The van der Waals surface area contributed by atoms with Gasteiger partial charge in [0.1, 0.15) is 0 Å². The third-order valence-corrected chi connectivity index (χ3v) is 4.87. The van der Waals surface area contributed by atoms with Crippen LogP contribution < -0.4 is 5.32 Å². The quantitative estimate of drug-likeness (QED) is 0.774. The normalized spacial score (nSPS) is 39.9. The number of ether oxygens (including phenoxy) is 1. The first-order chi connectivity index (χ1) is 7.81. The number of rotatable bonds is 5. The molecule has 4 atom stereocenters. The molecular formula is C14H25NO. The van der Waals surface area contributed by atoms with Crippen LogP contribution in [0.2, 0.25) is 0 Å². The maximum atomic E-state index is 5.89. The van der Waals surface area contributed by atoms with Crippen LogP contribution >= 0.6 is 0 Å². The Morgan fingerprint density at radius 1 is 1.25 bits per heavy atom. The fourth-order valence-electron chi connectivity index (χ4n) is 3.62. The van der Waals surface area contributed by atoms with Crippen molar-refractivity contribution in [3.05, 3.63) is 0 Å². The van der Waals surface area contributed by atoms with E-state index in [2.05, 4.69) is 12.2 Å². The topological polar surface area (TPSA) is 21.3 Å². The van der Waals surface area contributed by atoms with Crippen LogP contribution in [0.4, 0.5) is 0 Å². The molecule has 92 valence electrons. The van der Waals surface area contributed by atoms with E-state index in [9.17, 15) is 0 Å². The monoisotopic (exact) mass is 223 g/mol. The summed E-state index contributed by atoms with van der Waals surface area (Å²) in [6.07, 6.45) is 11.0. The molecule has 0 spiro atoms. The Labute approximate surface area is 99.1 Å². The van der Waals surface area contributed by atoms with E-state index in [0.29, 0.717) is 18.2 Å². The van der Waals surface area contributed by atoms with Gasteiger partial charge in [-0.3, -0.25) is 0 Å². The first-order valence-electron chi connectivity index (χ1n) is 7.20. The van der Waals surface area contributed by atoms with E-state index < -0.39 is 0 Å². The summed E-state index contributed by atoms with van der Waals surface area (Å²) in [5.74, 6) is 1.83. The Balaban J connectivity index is 1.36. The molecule has 16 heavy (non-hydrogen) atoms. The van der Waals surface area contributed by atoms with Gasteiger partial charge in [-0.1, -0.05) is 19.3 Å². The smallest absolute Gasteiger partial charge is 0.0621 e. The second-order valence-corrected chi connectivity index (χ2v) is 6.21. The zero-order valence-corrected chi connectivity index (χ0v) is 10.5. The number of fused-ring (bicyclic) bond motifs is 2. The highest BCUT2D eigenvalue weighted by atomic mass is 16.5. The van der Waals surface area contributed by atoms with E-state index in [1.54, 1.807) is 0 Å². The van der Waals surface area contributed by atoms with Crippen LogP contribution in [-0.4, -0.2) is 24.8 Å². The lowest BCUT2D eigenvalue weighted by molar-refractivity contribution is 0.0918. The molecule has 2 heterocycles. The molecule has 0 aromatic carbocycles. The molecule has 1 aliphatic carbocycles. The van der Waals surface area contributed by atoms with Gasteiger partial charge in [0.15, 0.2) is 0 Å². The Kier molecular flexibility index (Phi) is 3.21. The molecule has 0 aromatic heterocycles. The highest BCUT2D eigenvalue weighted by Gasteiger charge is 2.40. The highest BCUT2D eigenvalue weighted by Crippen LogP contribution is 2.38. The Morgan fingerprint density at radius 3 is 2.69 bits per heavy atom. The van der Waals surface area contributed by atoms with Crippen molar-refractivity contribution < 1.29 is 4.74 Å². The minimum absolute atomic E-state index is 0.591. The lowest BCUT2D eigenvalue weighted by Crippen LogP contribution is -2.36. The van der Waals surface area contributed by atoms with Crippen LogP contribution in [0, 0.1) is 11.8 Å². The summed E-state index contributed by atoms with van der Waals surface area (Å²) in [6.45, 7) is 3.54. The van der Waals surface area contributed by atoms with Gasteiger partial charge in [-0.05, 0) is 38.5 Å². The van der Waals surface area contributed by atoms with E-state index in [1.165, 1.54) is 51.5 Å². The summed E-state index contributed by atoms with van der Waals surface area (Å²) < 4.78 is 5.89. The molecule has 0 radical (unpaired) electrons. The van der Waals surface area contributed by atoms with E-state index in [4.69, 9.17) is 4.74 Å². The van der Waals surface area contributed by atoms with E-state index >= 15 is 0 Å².